The summed E-state index contributed by atoms with van der Waals surface area (Å²) in [5.74, 6) is 0.816. The van der Waals surface area contributed by atoms with Crippen LogP contribution in [0.5, 0.6) is 0 Å². The van der Waals surface area contributed by atoms with Crippen LogP contribution in [0.3, 0.4) is 0 Å². The Kier molecular flexibility index (Phi) is 4.31. The third-order valence-corrected chi connectivity index (χ3v) is 3.48. The molecule has 1 aliphatic heterocycles. The molecule has 1 N–H and O–H groups in total. The summed E-state index contributed by atoms with van der Waals surface area (Å²) in [6.07, 6.45) is 9.67. The quantitative estimate of drug-likeness (QED) is 0.872. The lowest BCUT2D eigenvalue weighted by molar-refractivity contribution is 0.281. The van der Waals surface area contributed by atoms with E-state index in [9.17, 15) is 0 Å². The number of nitrogens with zero attached hydrogens (tertiary/aromatic N) is 3. The van der Waals surface area contributed by atoms with Crippen molar-refractivity contribution < 1.29 is 5.11 Å². The van der Waals surface area contributed by atoms with Crippen LogP contribution in [0, 0.1) is 0 Å². The van der Waals surface area contributed by atoms with Crippen LogP contribution < -0.4 is 4.90 Å². The lowest BCUT2D eigenvalue weighted by Gasteiger charge is -2.29. The highest BCUT2D eigenvalue weighted by atomic mass is 16.3. The fraction of sp³-hybridized carbons (Fsp3) is 0.692. The number of aliphatic hydroxyl groups is 1. The largest absolute Gasteiger partial charge is 0.392 e. The Balaban J connectivity index is 2.16. The van der Waals surface area contributed by atoms with Gasteiger partial charge in [-0.2, -0.15) is 0 Å². The Bertz CT molecular complexity index is 339. The fourth-order valence-electron chi connectivity index (χ4n) is 2.44. The maximum absolute atomic E-state index is 8.99. The monoisotopic (exact) mass is 235 g/mol. The molecule has 1 aromatic heterocycles. The molecule has 0 aliphatic carbocycles. The van der Waals surface area contributed by atoms with E-state index in [1.807, 2.05) is 0 Å². The minimum absolute atomic E-state index is 0.0114. The number of hydrogen-bond acceptors (Lipinski definition) is 4. The highest BCUT2D eigenvalue weighted by Gasteiger charge is 2.21. The first-order chi connectivity index (χ1) is 8.35. The van der Waals surface area contributed by atoms with E-state index in [0.717, 1.165) is 24.5 Å². The summed E-state index contributed by atoms with van der Waals surface area (Å²) in [5, 5.41) is 8.99. The van der Waals surface area contributed by atoms with Crippen LogP contribution in [0.25, 0.3) is 0 Å². The Labute approximate surface area is 103 Å². The number of hydrogen-bond donors (Lipinski definition) is 1. The van der Waals surface area contributed by atoms with Crippen molar-refractivity contribution >= 4 is 5.95 Å². The zero-order chi connectivity index (χ0) is 12.1. The van der Waals surface area contributed by atoms with Crippen LogP contribution in [0.15, 0.2) is 12.4 Å². The van der Waals surface area contributed by atoms with Gasteiger partial charge in [-0.15, -0.1) is 0 Å². The van der Waals surface area contributed by atoms with Gasteiger partial charge in [-0.05, 0) is 19.3 Å². The molecule has 4 heteroatoms. The van der Waals surface area contributed by atoms with Crippen LogP contribution in [-0.2, 0) is 6.61 Å². The molecule has 0 saturated carbocycles. The molecule has 0 radical (unpaired) electrons. The fourth-order valence-corrected chi connectivity index (χ4v) is 2.44. The van der Waals surface area contributed by atoms with Crippen molar-refractivity contribution in [2.75, 3.05) is 11.4 Å². The van der Waals surface area contributed by atoms with Crippen LogP contribution in [0.4, 0.5) is 5.95 Å². The van der Waals surface area contributed by atoms with E-state index in [0.29, 0.717) is 6.04 Å². The Hall–Kier alpha value is -1.16. The zero-order valence-electron chi connectivity index (χ0n) is 10.5. The summed E-state index contributed by atoms with van der Waals surface area (Å²) in [5.41, 5.74) is 0.775. The first-order valence-electron chi connectivity index (χ1n) is 6.53. The molecule has 94 valence electrons. The van der Waals surface area contributed by atoms with Crippen molar-refractivity contribution in [3.63, 3.8) is 0 Å². The molecular weight excluding hydrogens is 214 g/mol. The van der Waals surface area contributed by atoms with Crippen molar-refractivity contribution in [3.8, 4) is 0 Å². The van der Waals surface area contributed by atoms with E-state index < -0.39 is 0 Å². The Morgan fingerprint density at radius 3 is 2.71 bits per heavy atom. The maximum Gasteiger partial charge on any atom is 0.225 e. The number of aliphatic hydroxyl groups excluding tert-OH is 1. The smallest absolute Gasteiger partial charge is 0.225 e. The summed E-state index contributed by atoms with van der Waals surface area (Å²) in [6.45, 7) is 3.29. The molecular formula is C13H21N3O. The summed E-state index contributed by atoms with van der Waals surface area (Å²) < 4.78 is 0. The average molecular weight is 235 g/mol. The number of anilines is 1. The second kappa shape index (κ2) is 5.96. The Morgan fingerprint density at radius 2 is 2.06 bits per heavy atom. The first-order valence-corrected chi connectivity index (χ1v) is 6.53. The molecule has 0 amide bonds. The average Bonchev–Trinajstić information content (AvgIpc) is 2.64. The predicted octanol–water partition coefficient (Wildman–Crippen LogP) is 2.13. The zero-order valence-corrected chi connectivity index (χ0v) is 10.5. The molecule has 1 aliphatic rings. The van der Waals surface area contributed by atoms with Crippen molar-refractivity contribution in [1.82, 2.24) is 9.97 Å². The summed E-state index contributed by atoms with van der Waals surface area (Å²) in [4.78, 5) is 11.1. The molecule has 4 nitrogen and oxygen atoms in total. The van der Waals surface area contributed by atoms with Crippen LogP contribution in [0.1, 0.15) is 44.6 Å². The molecule has 1 fully saturated rings. The Morgan fingerprint density at radius 1 is 1.29 bits per heavy atom. The van der Waals surface area contributed by atoms with Gasteiger partial charge in [0.15, 0.2) is 0 Å². The molecule has 0 aromatic carbocycles. The van der Waals surface area contributed by atoms with Gasteiger partial charge >= 0.3 is 0 Å². The number of rotatable bonds is 3. The molecule has 1 saturated heterocycles. The van der Waals surface area contributed by atoms with Gasteiger partial charge in [0.2, 0.25) is 5.95 Å². The van der Waals surface area contributed by atoms with Gasteiger partial charge in [-0.3, -0.25) is 0 Å². The van der Waals surface area contributed by atoms with Crippen molar-refractivity contribution in [2.45, 2.75) is 51.7 Å². The minimum atomic E-state index is 0.0114. The van der Waals surface area contributed by atoms with E-state index in [-0.39, 0.29) is 6.61 Å². The molecule has 1 unspecified atom stereocenters. The van der Waals surface area contributed by atoms with E-state index in [1.165, 1.54) is 25.7 Å². The van der Waals surface area contributed by atoms with E-state index >= 15 is 0 Å². The van der Waals surface area contributed by atoms with Crippen molar-refractivity contribution in [1.29, 1.82) is 0 Å². The molecule has 0 bridgehead atoms. The van der Waals surface area contributed by atoms with Gasteiger partial charge in [0, 0.05) is 30.5 Å². The molecule has 2 rings (SSSR count). The third kappa shape index (κ3) is 2.94. The molecule has 1 atom stereocenters. The highest BCUT2D eigenvalue weighted by molar-refractivity contribution is 5.31. The standard InChI is InChI=1S/C13H21N3O/c1-2-12-6-4-3-5-7-16(12)13-14-8-11(10-17)9-15-13/h8-9,12,17H,2-7,10H2,1H3. The first kappa shape index (κ1) is 12.3. The van der Waals surface area contributed by atoms with Gasteiger partial charge in [0.1, 0.15) is 0 Å². The van der Waals surface area contributed by atoms with Gasteiger partial charge in [0.25, 0.3) is 0 Å². The van der Waals surface area contributed by atoms with Gasteiger partial charge in [0.05, 0.1) is 6.61 Å². The predicted molar refractivity (Wildman–Crippen MR) is 67.8 cm³/mol. The summed E-state index contributed by atoms with van der Waals surface area (Å²) in [6, 6.07) is 0.567. The third-order valence-electron chi connectivity index (χ3n) is 3.48. The van der Waals surface area contributed by atoms with Gasteiger partial charge < -0.3 is 10.0 Å². The summed E-state index contributed by atoms with van der Waals surface area (Å²) >= 11 is 0. The lowest BCUT2D eigenvalue weighted by Crippen LogP contribution is -2.35. The second-order valence-electron chi connectivity index (χ2n) is 4.65. The van der Waals surface area contributed by atoms with Crippen LogP contribution >= 0.6 is 0 Å². The number of aromatic nitrogens is 2. The lowest BCUT2D eigenvalue weighted by atomic mass is 10.1. The van der Waals surface area contributed by atoms with Crippen molar-refractivity contribution in [3.05, 3.63) is 18.0 Å². The van der Waals surface area contributed by atoms with Gasteiger partial charge in [-0.25, -0.2) is 9.97 Å². The minimum Gasteiger partial charge on any atom is -0.392 e. The van der Waals surface area contributed by atoms with Gasteiger partial charge in [-0.1, -0.05) is 19.8 Å². The van der Waals surface area contributed by atoms with E-state index in [1.54, 1.807) is 12.4 Å². The topological polar surface area (TPSA) is 49.2 Å². The SMILES string of the molecule is CCC1CCCCCN1c1ncc(CO)cn1. The normalized spacial score (nSPS) is 21.3. The molecule has 17 heavy (non-hydrogen) atoms. The van der Waals surface area contributed by atoms with Crippen molar-refractivity contribution in [2.24, 2.45) is 0 Å². The molecule has 1 aromatic rings. The summed E-state index contributed by atoms with van der Waals surface area (Å²) in [7, 11) is 0. The highest BCUT2D eigenvalue weighted by Crippen LogP contribution is 2.22. The van der Waals surface area contributed by atoms with E-state index in [2.05, 4.69) is 21.8 Å². The molecule has 0 spiro atoms. The van der Waals surface area contributed by atoms with Crippen LogP contribution in [-0.4, -0.2) is 27.7 Å². The molecule has 2 heterocycles. The van der Waals surface area contributed by atoms with E-state index in [4.69, 9.17) is 5.11 Å². The van der Waals surface area contributed by atoms with Crippen LogP contribution in [0.2, 0.25) is 0 Å². The maximum atomic E-state index is 8.99. The second-order valence-corrected chi connectivity index (χ2v) is 4.65.